The molecule has 0 bridgehead atoms. The molecule has 2 aromatic heterocycles. The molecule has 0 aliphatic heterocycles. The number of carbonyl (C=O) groups excluding carboxylic acids is 2. The Balaban J connectivity index is 2.18. The normalized spacial score (nSPS) is 11.2. The highest BCUT2D eigenvalue weighted by Gasteiger charge is 2.24. The third-order valence-electron chi connectivity index (χ3n) is 3.90. The lowest BCUT2D eigenvalue weighted by Gasteiger charge is -2.07. The number of thioether (sulfide) groups is 1. The van der Waals surface area contributed by atoms with Gasteiger partial charge in [-0.25, -0.2) is 0 Å². The first-order chi connectivity index (χ1) is 13.2. The van der Waals surface area contributed by atoms with Crippen molar-refractivity contribution in [3.05, 3.63) is 39.9 Å². The zero-order valence-electron chi connectivity index (χ0n) is 14.9. The summed E-state index contributed by atoms with van der Waals surface area (Å²) in [5, 5.41) is 2.25. The molecule has 10 heteroatoms. The van der Waals surface area contributed by atoms with E-state index in [2.05, 4.69) is 0 Å². The van der Waals surface area contributed by atoms with Crippen LogP contribution in [0.25, 0.3) is 10.9 Å². The number of carbonyl (C=O) groups is 2. The van der Waals surface area contributed by atoms with Gasteiger partial charge in [0.25, 0.3) is 11.7 Å². The first-order valence-corrected chi connectivity index (χ1v) is 10.0. The third-order valence-corrected chi connectivity index (χ3v) is 6.02. The number of hydrogen-bond donors (Lipinski definition) is 0. The Morgan fingerprint density at radius 1 is 1.29 bits per heavy atom. The number of methoxy groups -OCH3 is 1. The number of rotatable bonds is 5. The van der Waals surface area contributed by atoms with Gasteiger partial charge in [-0.15, -0.1) is 11.3 Å². The Hall–Kier alpha value is -2.10. The van der Waals surface area contributed by atoms with Crippen LogP contribution < -0.4 is 9.47 Å². The molecule has 0 aliphatic carbocycles. The average molecular weight is 446 g/mol. The van der Waals surface area contributed by atoms with Gasteiger partial charge in [-0.1, -0.05) is 11.6 Å². The first-order valence-electron chi connectivity index (χ1n) is 7.88. The molecule has 0 atom stereocenters. The molecule has 5 nitrogen and oxygen atoms in total. The molecule has 2 heterocycles. The molecule has 0 saturated heterocycles. The fourth-order valence-electron chi connectivity index (χ4n) is 2.79. The van der Waals surface area contributed by atoms with E-state index in [1.54, 1.807) is 13.0 Å². The van der Waals surface area contributed by atoms with E-state index < -0.39 is 17.6 Å². The third kappa shape index (κ3) is 3.87. The van der Waals surface area contributed by atoms with Crippen LogP contribution in [-0.2, 0) is 4.79 Å². The summed E-state index contributed by atoms with van der Waals surface area (Å²) in [5.41, 5.74) is 1.04. The second-order valence-corrected chi connectivity index (χ2v) is 8.29. The van der Waals surface area contributed by atoms with Gasteiger partial charge in [-0.3, -0.25) is 14.2 Å². The number of nitrogens with zero attached hydrogens (tertiary/aromatic N) is 1. The zero-order chi connectivity index (χ0) is 20.6. The molecule has 1 aromatic carbocycles. The highest BCUT2D eigenvalue weighted by molar-refractivity contribution is 8.01. The van der Waals surface area contributed by atoms with Gasteiger partial charge in [0, 0.05) is 17.7 Å². The van der Waals surface area contributed by atoms with Gasteiger partial charge in [0.1, 0.15) is 5.75 Å². The van der Waals surface area contributed by atoms with Crippen LogP contribution in [0.15, 0.2) is 27.8 Å². The van der Waals surface area contributed by atoms with E-state index in [0.29, 0.717) is 38.3 Å². The fraction of sp³-hybridized carbons (Fsp3) is 0.222. The lowest BCUT2D eigenvalue weighted by molar-refractivity contribution is -0.131. The van der Waals surface area contributed by atoms with Crippen molar-refractivity contribution < 1.29 is 27.8 Å². The predicted octanol–water partition coefficient (Wildman–Crippen LogP) is 5.60. The van der Waals surface area contributed by atoms with Gasteiger partial charge in [-0.05, 0) is 36.9 Å². The minimum Gasteiger partial charge on any atom is -0.495 e. The molecule has 0 amide bonds. The van der Waals surface area contributed by atoms with Gasteiger partial charge in [-0.2, -0.15) is 8.78 Å². The molecule has 3 aromatic rings. The highest BCUT2D eigenvalue weighted by atomic mass is 35.5. The summed E-state index contributed by atoms with van der Waals surface area (Å²) < 4.78 is 37.3. The van der Waals surface area contributed by atoms with Crippen LogP contribution in [0.2, 0.25) is 5.02 Å². The number of aromatic nitrogens is 1. The summed E-state index contributed by atoms with van der Waals surface area (Å²) in [5.74, 6) is -2.99. The van der Waals surface area contributed by atoms with Crippen molar-refractivity contribution in [1.82, 2.24) is 4.57 Å². The number of alkyl halides is 2. The Labute approximate surface area is 172 Å². The Morgan fingerprint density at radius 2 is 2.00 bits per heavy atom. The maximum atomic E-state index is 13.1. The Kier molecular flexibility index (Phi) is 5.97. The quantitative estimate of drug-likeness (QED) is 0.378. The molecule has 0 unspecified atom stereocenters. The molecular formula is C18H14ClF2NO4S2. The molecule has 0 saturated carbocycles. The van der Waals surface area contributed by atoms with Crippen molar-refractivity contribution in [1.29, 1.82) is 0 Å². The van der Waals surface area contributed by atoms with E-state index in [9.17, 15) is 18.4 Å². The van der Waals surface area contributed by atoms with Gasteiger partial charge >= 0.3 is 5.97 Å². The summed E-state index contributed by atoms with van der Waals surface area (Å²) >= 11 is 7.65. The van der Waals surface area contributed by atoms with Gasteiger partial charge in [0.2, 0.25) is 0 Å². The van der Waals surface area contributed by atoms with E-state index in [1.807, 2.05) is 0 Å². The van der Waals surface area contributed by atoms with E-state index in [-0.39, 0.29) is 16.3 Å². The molecule has 148 valence electrons. The molecule has 0 fully saturated rings. The molecule has 0 N–H and O–H groups in total. The molecule has 0 aliphatic rings. The second-order valence-electron chi connectivity index (χ2n) is 5.69. The highest BCUT2D eigenvalue weighted by Crippen LogP contribution is 2.40. The zero-order valence-corrected chi connectivity index (χ0v) is 17.3. The van der Waals surface area contributed by atoms with Gasteiger partial charge < -0.3 is 9.47 Å². The molecule has 0 radical (unpaired) electrons. The fourth-order valence-corrected chi connectivity index (χ4v) is 4.58. The maximum absolute atomic E-state index is 13.1. The predicted molar refractivity (Wildman–Crippen MR) is 105 cm³/mol. The number of esters is 1. The largest absolute Gasteiger partial charge is 0.495 e. The van der Waals surface area contributed by atoms with Crippen molar-refractivity contribution in [2.45, 2.75) is 23.8 Å². The number of ether oxygens (including phenoxy) is 2. The maximum Gasteiger partial charge on any atom is 0.308 e. The summed E-state index contributed by atoms with van der Waals surface area (Å²) in [6.45, 7) is 2.88. The van der Waals surface area contributed by atoms with Crippen molar-refractivity contribution >= 4 is 57.5 Å². The molecule has 0 spiro atoms. The van der Waals surface area contributed by atoms with Crippen LogP contribution in [0.4, 0.5) is 8.78 Å². The number of hydrogen-bond acceptors (Lipinski definition) is 6. The van der Waals surface area contributed by atoms with Crippen LogP contribution in [-0.4, -0.2) is 29.3 Å². The number of benzene rings is 1. The van der Waals surface area contributed by atoms with Gasteiger partial charge in [0.05, 0.1) is 33.1 Å². The monoisotopic (exact) mass is 445 g/mol. The summed E-state index contributed by atoms with van der Waals surface area (Å²) in [6.07, 6.45) is 0. The average Bonchev–Trinajstić information content (AvgIpc) is 3.16. The Bertz CT molecular complexity index is 1080. The number of thiophene rings is 1. The van der Waals surface area contributed by atoms with Crippen LogP contribution in [0.3, 0.4) is 0 Å². The van der Waals surface area contributed by atoms with Crippen LogP contribution >= 0.6 is 34.7 Å². The van der Waals surface area contributed by atoms with Crippen LogP contribution in [0.1, 0.15) is 23.0 Å². The first kappa shape index (κ1) is 20.6. The van der Waals surface area contributed by atoms with E-state index in [4.69, 9.17) is 21.1 Å². The van der Waals surface area contributed by atoms with Crippen molar-refractivity contribution in [3.63, 3.8) is 0 Å². The molecule has 28 heavy (non-hydrogen) atoms. The standard InChI is InChI=1S/C18H14ClF2NO4S2/c1-8-16(26-9(2)23)11-5-14(25-3)12(19)6-13(11)22(8)17(24)10-4-15(27-7-10)28-18(20)21/h4-7,18H,1-3H3. The lowest BCUT2D eigenvalue weighted by atomic mass is 10.2. The van der Waals surface area contributed by atoms with E-state index in [1.165, 1.54) is 36.1 Å². The second kappa shape index (κ2) is 8.10. The summed E-state index contributed by atoms with van der Waals surface area (Å²) in [7, 11) is 1.45. The van der Waals surface area contributed by atoms with Crippen molar-refractivity contribution in [2.75, 3.05) is 7.11 Å². The molecule has 3 rings (SSSR count). The SMILES string of the molecule is COc1cc2c(OC(C)=O)c(C)n(C(=O)c3csc(SC(F)F)c3)c2cc1Cl. The number of fused-ring (bicyclic) bond motifs is 1. The summed E-state index contributed by atoms with van der Waals surface area (Å²) in [6, 6.07) is 4.53. The lowest BCUT2D eigenvalue weighted by Crippen LogP contribution is -2.13. The van der Waals surface area contributed by atoms with E-state index in [0.717, 1.165) is 11.3 Å². The van der Waals surface area contributed by atoms with Crippen LogP contribution in [0.5, 0.6) is 11.5 Å². The van der Waals surface area contributed by atoms with E-state index >= 15 is 0 Å². The smallest absolute Gasteiger partial charge is 0.308 e. The summed E-state index contributed by atoms with van der Waals surface area (Å²) in [4.78, 5) is 24.6. The van der Waals surface area contributed by atoms with Crippen LogP contribution in [0, 0.1) is 6.92 Å². The minimum atomic E-state index is -2.57. The minimum absolute atomic E-state index is 0.211. The van der Waals surface area contributed by atoms with Gasteiger partial charge in [0.15, 0.2) is 5.75 Å². The Morgan fingerprint density at radius 3 is 2.61 bits per heavy atom. The number of halogens is 3. The molecular weight excluding hydrogens is 432 g/mol. The van der Waals surface area contributed by atoms with Crippen molar-refractivity contribution in [2.24, 2.45) is 0 Å². The van der Waals surface area contributed by atoms with Crippen molar-refractivity contribution in [3.8, 4) is 11.5 Å². The topological polar surface area (TPSA) is 57.5 Å².